The fraction of sp³-hybridized carbons (Fsp3) is 0.467. The van der Waals surface area contributed by atoms with Crippen LogP contribution in [0.4, 0.5) is 0 Å². The Morgan fingerprint density at radius 2 is 2.40 bits per heavy atom. The summed E-state index contributed by atoms with van der Waals surface area (Å²) in [5, 5.41) is 9.00. The quantitative estimate of drug-likeness (QED) is 0.926. The molecule has 1 unspecified atom stereocenters. The Labute approximate surface area is 117 Å². The lowest BCUT2D eigenvalue weighted by Crippen LogP contribution is -2.30. The van der Waals surface area contributed by atoms with Crippen molar-refractivity contribution in [1.29, 1.82) is 0 Å². The van der Waals surface area contributed by atoms with E-state index in [9.17, 15) is 4.79 Å². The number of aromatic carboxylic acids is 1. The van der Waals surface area contributed by atoms with Gasteiger partial charge in [0, 0.05) is 24.9 Å². The van der Waals surface area contributed by atoms with Crippen molar-refractivity contribution >= 4 is 11.6 Å². The van der Waals surface area contributed by atoms with Crippen LogP contribution in [0.3, 0.4) is 0 Å². The summed E-state index contributed by atoms with van der Waals surface area (Å²) in [6.07, 6.45) is 7.20. The van der Waals surface area contributed by atoms with Crippen LogP contribution in [-0.2, 0) is 6.42 Å². The van der Waals surface area contributed by atoms with Crippen molar-refractivity contribution in [3.63, 3.8) is 0 Å². The Kier molecular flexibility index (Phi) is 3.44. The van der Waals surface area contributed by atoms with Gasteiger partial charge in [-0.2, -0.15) is 0 Å². The number of hydrogen-bond acceptors (Lipinski definition) is 3. The SMILES string of the molecule is CCN1CCCC1Cc1cn2ccc(C(=O)O)cc2n1. The first-order valence-corrected chi connectivity index (χ1v) is 7.12. The predicted octanol–water partition coefficient (Wildman–Crippen LogP) is 2.06. The van der Waals surface area contributed by atoms with Gasteiger partial charge < -0.3 is 14.4 Å². The predicted molar refractivity (Wildman–Crippen MR) is 76.1 cm³/mol. The topological polar surface area (TPSA) is 57.8 Å². The van der Waals surface area contributed by atoms with Crippen LogP contribution >= 0.6 is 0 Å². The lowest BCUT2D eigenvalue weighted by molar-refractivity contribution is 0.0697. The zero-order valence-corrected chi connectivity index (χ0v) is 11.6. The van der Waals surface area contributed by atoms with Crippen molar-refractivity contribution < 1.29 is 9.90 Å². The Bertz CT molecular complexity index is 635. The average Bonchev–Trinajstić information content (AvgIpc) is 3.03. The van der Waals surface area contributed by atoms with Gasteiger partial charge in [-0.05, 0) is 38.1 Å². The number of fused-ring (bicyclic) bond motifs is 1. The van der Waals surface area contributed by atoms with Crippen molar-refractivity contribution in [1.82, 2.24) is 14.3 Å². The van der Waals surface area contributed by atoms with Gasteiger partial charge in [0.05, 0.1) is 11.3 Å². The molecule has 0 radical (unpaired) electrons. The number of carboxylic acids is 1. The molecule has 1 aliphatic heterocycles. The van der Waals surface area contributed by atoms with Crippen molar-refractivity contribution in [3.8, 4) is 0 Å². The van der Waals surface area contributed by atoms with E-state index in [1.54, 1.807) is 18.3 Å². The standard InChI is InChI=1S/C15H19N3O2/c1-2-17-6-3-4-13(17)9-12-10-18-7-5-11(15(19)20)8-14(18)16-12/h5,7-8,10,13H,2-4,6,9H2,1H3,(H,19,20). The molecule has 0 spiro atoms. The number of hydrogen-bond donors (Lipinski definition) is 1. The number of aromatic nitrogens is 2. The number of carbonyl (C=O) groups is 1. The van der Waals surface area contributed by atoms with E-state index in [2.05, 4.69) is 16.8 Å². The summed E-state index contributed by atoms with van der Waals surface area (Å²) in [5.41, 5.74) is 2.03. The molecule has 1 aliphatic rings. The highest BCUT2D eigenvalue weighted by Gasteiger charge is 2.23. The van der Waals surface area contributed by atoms with Crippen molar-refractivity contribution in [2.45, 2.75) is 32.2 Å². The number of pyridine rings is 1. The summed E-state index contributed by atoms with van der Waals surface area (Å²) < 4.78 is 1.90. The molecule has 1 N–H and O–H groups in total. The maximum Gasteiger partial charge on any atom is 0.335 e. The fourth-order valence-corrected chi connectivity index (χ4v) is 3.05. The van der Waals surface area contributed by atoms with Crippen molar-refractivity contribution in [3.05, 3.63) is 35.8 Å². The van der Waals surface area contributed by atoms with Crippen LogP contribution in [0.25, 0.3) is 5.65 Å². The van der Waals surface area contributed by atoms with Crippen LogP contribution in [0.15, 0.2) is 24.5 Å². The minimum atomic E-state index is -0.912. The van der Waals surface area contributed by atoms with Gasteiger partial charge in [-0.15, -0.1) is 0 Å². The fourth-order valence-electron chi connectivity index (χ4n) is 3.05. The van der Waals surface area contributed by atoms with Gasteiger partial charge in [0.25, 0.3) is 0 Å². The van der Waals surface area contributed by atoms with Gasteiger partial charge in [-0.3, -0.25) is 0 Å². The van der Waals surface area contributed by atoms with Crippen LogP contribution < -0.4 is 0 Å². The van der Waals surface area contributed by atoms with Crippen molar-refractivity contribution in [2.24, 2.45) is 0 Å². The smallest absolute Gasteiger partial charge is 0.335 e. The molecule has 5 heteroatoms. The molecule has 106 valence electrons. The molecule has 0 bridgehead atoms. The molecule has 5 nitrogen and oxygen atoms in total. The Morgan fingerprint density at radius 3 is 3.15 bits per heavy atom. The van der Waals surface area contributed by atoms with Gasteiger partial charge >= 0.3 is 5.97 Å². The van der Waals surface area contributed by atoms with E-state index in [1.807, 2.05) is 10.6 Å². The van der Waals surface area contributed by atoms with E-state index in [4.69, 9.17) is 5.11 Å². The number of imidazole rings is 1. The van der Waals surface area contributed by atoms with Crippen LogP contribution in [0.2, 0.25) is 0 Å². The van der Waals surface area contributed by atoms with E-state index in [0.29, 0.717) is 11.7 Å². The highest BCUT2D eigenvalue weighted by molar-refractivity contribution is 5.88. The third-order valence-electron chi connectivity index (χ3n) is 4.11. The Hall–Kier alpha value is -1.88. The maximum atomic E-state index is 11.0. The Balaban J connectivity index is 1.84. The first-order chi connectivity index (χ1) is 9.67. The molecular weight excluding hydrogens is 254 g/mol. The largest absolute Gasteiger partial charge is 0.478 e. The highest BCUT2D eigenvalue weighted by atomic mass is 16.4. The molecule has 0 aliphatic carbocycles. The minimum Gasteiger partial charge on any atom is -0.478 e. The van der Waals surface area contributed by atoms with E-state index < -0.39 is 5.97 Å². The molecular formula is C15H19N3O2. The van der Waals surface area contributed by atoms with Crippen molar-refractivity contribution in [2.75, 3.05) is 13.1 Å². The molecule has 20 heavy (non-hydrogen) atoms. The lowest BCUT2D eigenvalue weighted by Gasteiger charge is -2.21. The molecule has 1 atom stereocenters. The van der Waals surface area contributed by atoms with E-state index in [-0.39, 0.29) is 5.56 Å². The number of likely N-dealkylation sites (N-methyl/N-ethyl adjacent to an activating group) is 1. The molecule has 0 amide bonds. The number of nitrogens with zero attached hydrogens (tertiary/aromatic N) is 3. The summed E-state index contributed by atoms with van der Waals surface area (Å²) >= 11 is 0. The van der Waals surface area contributed by atoms with Crippen LogP contribution in [0.5, 0.6) is 0 Å². The second-order valence-electron chi connectivity index (χ2n) is 5.35. The number of likely N-dealkylation sites (tertiary alicyclic amines) is 1. The summed E-state index contributed by atoms with van der Waals surface area (Å²) in [4.78, 5) is 18.0. The van der Waals surface area contributed by atoms with Gasteiger partial charge in [0.2, 0.25) is 0 Å². The molecule has 1 saturated heterocycles. The first-order valence-electron chi connectivity index (χ1n) is 7.12. The summed E-state index contributed by atoms with van der Waals surface area (Å²) in [7, 11) is 0. The maximum absolute atomic E-state index is 11.0. The van der Waals surface area contributed by atoms with Crippen LogP contribution in [0.1, 0.15) is 35.8 Å². The first kappa shape index (κ1) is 13.1. The molecule has 2 aromatic rings. The molecule has 2 aromatic heterocycles. The zero-order chi connectivity index (χ0) is 14.1. The zero-order valence-electron chi connectivity index (χ0n) is 11.6. The molecule has 0 saturated carbocycles. The monoisotopic (exact) mass is 273 g/mol. The van der Waals surface area contributed by atoms with Gasteiger partial charge in [0.1, 0.15) is 5.65 Å². The second-order valence-corrected chi connectivity index (χ2v) is 5.35. The molecule has 0 aromatic carbocycles. The minimum absolute atomic E-state index is 0.283. The normalized spacial score (nSPS) is 19.8. The van der Waals surface area contributed by atoms with Gasteiger partial charge in [-0.25, -0.2) is 9.78 Å². The Morgan fingerprint density at radius 1 is 1.55 bits per heavy atom. The molecule has 3 rings (SSSR count). The van der Waals surface area contributed by atoms with Crippen LogP contribution in [-0.4, -0.2) is 44.5 Å². The summed E-state index contributed by atoms with van der Waals surface area (Å²) in [6, 6.07) is 3.80. The third-order valence-corrected chi connectivity index (χ3v) is 4.11. The second kappa shape index (κ2) is 5.25. The average molecular weight is 273 g/mol. The van der Waals surface area contributed by atoms with E-state index in [0.717, 1.165) is 18.7 Å². The highest BCUT2D eigenvalue weighted by Crippen LogP contribution is 2.20. The van der Waals surface area contributed by atoms with Gasteiger partial charge in [0.15, 0.2) is 0 Å². The number of carboxylic acid groups (broad SMARTS) is 1. The van der Waals surface area contributed by atoms with E-state index >= 15 is 0 Å². The molecule has 3 heterocycles. The number of rotatable bonds is 4. The lowest BCUT2D eigenvalue weighted by atomic mass is 10.1. The van der Waals surface area contributed by atoms with Crippen LogP contribution in [0, 0.1) is 0 Å². The van der Waals surface area contributed by atoms with Gasteiger partial charge in [-0.1, -0.05) is 6.92 Å². The summed E-state index contributed by atoms with van der Waals surface area (Å²) in [5.74, 6) is -0.912. The van der Waals surface area contributed by atoms with E-state index in [1.165, 1.54) is 19.4 Å². The summed E-state index contributed by atoms with van der Waals surface area (Å²) in [6.45, 7) is 4.46. The third kappa shape index (κ3) is 2.41. The molecule has 1 fully saturated rings.